The highest BCUT2D eigenvalue weighted by molar-refractivity contribution is 5.46. The molecule has 82 valence electrons. The molecule has 1 atom stereocenters. The van der Waals surface area contributed by atoms with Gasteiger partial charge in [0.1, 0.15) is 0 Å². The van der Waals surface area contributed by atoms with Gasteiger partial charge < -0.3 is 5.73 Å². The summed E-state index contributed by atoms with van der Waals surface area (Å²) < 4.78 is 0. The third-order valence-electron chi connectivity index (χ3n) is 3.31. The lowest BCUT2D eigenvalue weighted by atomic mass is 10.1. The van der Waals surface area contributed by atoms with Crippen molar-refractivity contribution in [1.29, 1.82) is 0 Å². The molecule has 0 aromatic heterocycles. The molecule has 0 spiro atoms. The van der Waals surface area contributed by atoms with Crippen LogP contribution in [0.15, 0.2) is 18.2 Å². The molecule has 2 heteroatoms. The van der Waals surface area contributed by atoms with Crippen LogP contribution in [-0.2, 0) is 13.1 Å². The highest BCUT2D eigenvalue weighted by Gasteiger charge is 2.22. The maximum Gasteiger partial charge on any atom is 0.0317 e. The smallest absolute Gasteiger partial charge is 0.0317 e. The van der Waals surface area contributed by atoms with E-state index in [9.17, 15) is 0 Å². The lowest BCUT2D eigenvalue weighted by molar-refractivity contribution is 0.202. The molecule has 0 fully saturated rings. The molecule has 0 unspecified atom stereocenters. The standard InChI is InChI=1S/C13H20N2/c1-3-4-10(2)15-8-11-5-6-13(14)7-12(11)9-15/h5-7,10H,3-4,8-9,14H2,1-2H3/t10-/m0/s1. The van der Waals surface area contributed by atoms with Gasteiger partial charge in [-0.3, -0.25) is 4.90 Å². The van der Waals surface area contributed by atoms with E-state index in [0.29, 0.717) is 6.04 Å². The molecule has 0 saturated carbocycles. The number of hydrogen-bond acceptors (Lipinski definition) is 2. The molecule has 2 nitrogen and oxygen atoms in total. The number of hydrogen-bond donors (Lipinski definition) is 1. The van der Waals surface area contributed by atoms with Crippen LogP contribution in [0.2, 0.25) is 0 Å². The molecule has 1 aliphatic rings. The molecular weight excluding hydrogens is 184 g/mol. The second-order valence-electron chi connectivity index (χ2n) is 4.57. The lowest BCUT2D eigenvalue weighted by Crippen LogP contribution is -2.27. The van der Waals surface area contributed by atoms with Gasteiger partial charge in [-0.05, 0) is 36.6 Å². The zero-order valence-corrected chi connectivity index (χ0v) is 9.66. The Labute approximate surface area is 92.1 Å². The van der Waals surface area contributed by atoms with E-state index in [1.54, 1.807) is 0 Å². The topological polar surface area (TPSA) is 29.3 Å². The van der Waals surface area contributed by atoms with Gasteiger partial charge in [0.05, 0.1) is 0 Å². The van der Waals surface area contributed by atoms with Gasteiger partial charge >= 0.3 is 0 Å². The Kier molecular flexibility index (Phi) is 2.96. The quantitative estimate of drug-likeness (QED) is 0.767. The summed E-state index contributed by atoms with van der Waals surface area (Å²) in [7, 11) is 0. The Bertz CT molecular complexity index is 346. The second kappa shape index (κ2) is 4.23. The summed E-state index contributed by atoms with van der Waals surface area (Å²) >= 11 is 0. The Morgan fingerprint density at radius 2 is 2.07 bits per heavy atom. The van der Waals surface area contributed by atoms with Crippen LogP contribution in [0.1, 0.15) is 37.8 Å². The average molecular weight is 204 g/mol. The Morgan fingerprint density at radius 1 is 1.33 bits per heavy atom. The predicted octanol–water partition coefficient (Wildman–Crippen LogP) is 2.77. The highest BCUT2D eigenvalue weighted by Crippen LogP contribution is 2.27. The fourth-order valence-corrected chi connectivity index (χ4v) is 2.35. The van der Waals surface area contributed by atoms with Crippen molar-refractivity contribution >= 4 is 5.69 Å². The van der Waals surface area contributed by atoms with E-state index in [1.807, 2.05) is 6.07 Å². The number of benzene rings is 1. The molecule has 1 heterocycles. The van der Waals surface area contributed by atoms with Crippen LogP contribution >= 0.6 is 0 Å². The number of anilines is 1. The number of nitrogens with two attached hydrogens (primary N) is 1. The maximum atomic E-state index is 5.79. The van der Waals surface area contributed by atoms with Crippen LogP contribution in [0.3, 0.4) is 0 Å². The van der Waals surface area contributed by atoms with Crippen molar-refractivity contribution in [3.05, 3.63) is 29.3 Å². The molecular formula is C13H20N2. The zero-order chi connectivity index (χ0) is 10.8. The summed E-state index contributed by atoms with van der Waals surface area (Å²) in [5, 5.41) is 0. The van der Waals surface area contributed by atoms with Crippen LogP contribution in [0.25, 0.3) is 0 Å². The molecule has 0 saturated heterocycles. The normalized spacial score (nSPS) is 17.7. The van der Waals surface area contributed by atoms with E-state index in [1.165, 1.54) is 24.0 Å². The van der Waals surface area contributed by atoms with Gasteiger partial charge in [0.25, 0.3) is 0 Å². The molecule has 2 N–H and O–H groups in total. The first kappa shape index (κ1) is 10.5. The highest BCUT2D eigenvalue weighted by atomic mass is 15.2. The zero-order valence-electron chi connectivity index (χ0n) is 9.66. The van der Waals surface area contributed by atoms with E-state index in [-0.39, 0.29) is 0 Å². The Morgan fingerprint density at radius 3 is 2.80 bits per heavy atom. The third kappa shape index (κ3) is 2.15. The van der Waals surface area contributed by atoms with Crippen LogP contribution in [-0.4, -0.2) is 10.9 Å². The number of nitrogen functional groups attached to an aromatic ring is 1. The van der Waals surface area contributed by atoms with Crippen LogP contribution < -0.4 is 5.73 Å². The SMILES string of the molecule is CCC[C@H](C)N1Cc2ccc(N)cc2C1. The van der Waals surface area contributed by atoms with E-state index in [0.717, 1.165) is 18.8 Å². The molecule has 1 aromatic carbocycles. The fourth-order valence-electron chi connectivity index (χ4n) is 2.35. The molecule has 1 aliphatic heterocycles. The van der Waals surface area contributed by atoms with E-state index >= 15 is 0 Å². The Hall–Kier alpha value is -1.02. The van der Waals surface area contributed by atoms with Crippen molar-refractivity contribution in [2.24, 2.45) is 0 Å². The first-order chi connectivity index (χ1) is 7.20. The summed E-state index contributed by atoms with van der Waals surface area (Å²) in [6, 6.07) is 6.98. The minimum Gasteiger partial charge on any atom is -0.399 e. The van der Waals surface area contributed by atoms with Crippen LogP contribution in [0, 0.1) is 0 Å². The predicted molar refractivity (Wildman–Crippen MR) is 64.5 cm³/mol. The van der Waals surface area contributed by atoms with Gasteiger partial charge in [-0.15, -0.1) is 0 Å². The van der Waals surface area contributed by atoms with Gasteiger partial charge in [-0.25, -0.2) is 0 Å². The first-order valence-corrected chi connectivity index (χ1v) is 5.82. The summed E-state index contributed by atoms with van der Waals surface area (Å²) in [6.45, 7) is 6.73. The largest absolute Gasteiger partial charge is 0.399 e. The van der Waals surface area contributed by atoms with Crippen LogP contribution in [0.4, 0.5) is 5.69 Å². The minimum absolute atomic E-state index is 0.684. The van der Waals surface area contributed by atoms with Crippen molar-refractivity contribution in [1.82, 2.24) is 4.90 Å². The number of rotatable bonds is 3. The third-order valence-corrected chi connectivity index (χ3v) is 3.31. The van der Waals surface area contributed by atoms with Gasteiger partial charge in [-0.2, -0.15) is 0 Å². The average Bonchev–Trinajstić information content (AvgIpc) is 2.60. The molecule has 15 heavy (non-hydrogen) atoms. The lowest BCUT2D eigenvalue weighted by Gasteiger charge is -2.23. The second-order valence-corrected chi connectivity index (χ2v) is 4.57. The van der Waals surface area contributed by atoms with Crippen molar-refractivity contribution in [2.45, 2.75) is 45.8 Å². The number of nitrogens with zero attached hydrogens (tertiary/aromatic N) is 1. The monoisotopic (exact) mass is 204 g/mol. The van der Waals surface area contributed by atoms with Gasteiger partial charge in [0.15, 0.2) is 0 Å². The fraction of sp³-hybridized carbons (Fsp3) is 0.538. The first-order valence-electron chi connectivity index (χ1n) is 5.82. The summed E-state index contributed by atoms with van der Waals surface area (Å²) in [5.74, 6) is 0. The summed E-state index contributed by atoms with van der Waals surface area (Å²) in [5.41, 5.74) is 9.55. The molecule has 0 bridgehead atoms. The number of fused-ring (bicyclic) bond motifs is 1. The van der Waals surface area contributed by atoms with E-state index in [2.05, 4.69) is 30.9 Å². The van der Waals surface area contributed by atoms with E-state index < -0.39 is 0 Å². The molecule has 0 radical (unpaired) electrons. The van der Waals surface area contributed by atoms with E-state index in [4.69, 9.17) is 5.73 Å². The molecule has 0 aliphatic carbocycles. The van der Waals surface area contributed by atoms with Crippen molar-refractivity contribution in [2.75, 3.05) is 5.73 Å². The molecule has 2 rings (SSSR count). The van der Waals surface area contributed by atoms with Gasteiger partial charge in [0.2, 0.25) is 0 Å². The summed E-state index contributed by atoms with van der Waals surface area (Å²) in [4.78, 5) is 2.54. The van der Waals surface area contributed by atoms with Crippen molar-refractivity contribution in [3.8, 4) is 0 Å². The van der Waals surface area contributed by atoms with Crippen molar-refractivity contribution in [3.63, 3.8) is 0 Å². The summed E-state index contributed by atoms with van der Waals surface area (Å²) in [6.07, 6.45) is 2.54. The van der Waals surface area contributed by atoms with Gasteiger partial charge in [-0.1, -0.05) is 19.4 Å². The van der Waals surface area contributed by atoms with Crippen LogP contribution in [0.5, 0.6) is 0 Å². The van der Waals surface area contributed by atoms with Gasteiger partial charge in [0, 0.05) is 24.8 Å². The Balaban J connectivity index is 2.08. The maximum absolute atomic E-state index is 5.79. The molecule has 1 aromatic rings. The molecule has 0 amide bonds. The van der Waals surface area contributed by atoms with Crippen molar-refractivity contribution < 1.29 is 0 Å². The minimum atomic E-state index is 0.684.